The van der Waals surface area contributed by atoms with Gasteiger partial charge in [0.25, 0.3) is 0 Å². The maximum atomic E-state index is 3.88. The molecule has 0 aliphatic rings. The zero-order valence-electron chi connectivity index (χ0n) is 6.68. The fourth-order valence-corrected chi connectivity index (χ4v) is 1.29. The lowest BCUT2D eigenvalue weighted by Gasteiger charge is -1.98. The Morgan fingerprint density at radius 3 is 2.83 bits per heavy atom. The van der Waals surface area contributed by atoms with E-state index in [1.807, 2.05) is 24.3 Å². The maximum absolute atomic E-state index is 3.88. The summed E-state index contributed by atoms with van der Waals surface area (Å²) in [7, 11) is 0. The molecule has 0 amide bonds. The molecule has 60 valence electrons. The minimum Gasteiger partial charge on any atom is -0.128 e. The Morgan fingerprint density at radius 2 is 2.25 bits per heavy atom. The molecule has 0 aromatic heterocycles. The van der Waals surface area contributed by atoms with Crippen LogP contribution in [-0.4, -0.2) is 0 Å². The third-order valence-corrected chi connectivity index (χ3v) is 1.96. The Kier molecular flexibility index (Phi) is 3.09. The van der Waals surface area contributed by atoms with Crippen LogP contribution in [0.3, 0.4) is 0 Å². The maximum Gasteiger partial charge on any atom is 0.0181 e. The van der Waals surface area contributed by atoms with Gasteiger partial charge in [0.2, 0.25) is 0 Å². The third-order valence-electron chi connectivity index (χ3n) is 1.47. The van der Waals surface area contributed by atoms with Gasteiger partial charge in [0, 0.05) is 4.47 Å². The van der Waals surface area contributed by atoms with Crippen molar-refractivity contribution in [2.24, 2.45) is 0 Å². The van der Waals surface area contributed by atoms with Crippen LogP contribution in [0.5, 0.6) is 0 Å². The first kappa shape index (κ1) is 9.05. The molecule has 0 nitrogen and oxygen atoms in total. The van der Waals surface area contributed by atoms with Crippen LogP contribution in [0.4, 0.5) is 0 Å². The average molecular weight is 221 g/mol. The van der Waals surface area contributed by atoms with Crippen molar-refractivity contribution in [3.05, 3.63) is 59.3 Å². The van der Waals surface area contributed by atoms with E-state index in [9.17, 15) is 0 Å². The second-order valence-electron chi connectivity index (χ2n) is 2.38. The zero-order chi connectivity index (χ0) is 8.97. The van der Waals surface area contributed by atoms with Crippen LogP contribution in [0.1, 0.15) is 5.56 Å². The van der Waals surface area contributed by atoms with Crippen LogP contribution in [-0.2, 0) is 0 Å². The quantitative estimate of drug-likeness (QED) is 0.526. The second kappa shape index (κ2) is 4.10. The Balaban J connectivity index is 3.03. The Labute approximate surface area is 81.1 Å². The summed E-state index contributed by atoms with van der Waals surface area (Å²) >= 11 is 3.39. The summed E-state index contributed by atoms with van der Waals surface area (Å²) in [5.41, 5.74) is 4.70. The summed E-state index contributed by atoms with van der Waals surface area (Å²) in [6.45, 7) is 7.37. The number of benzene rings is 1. The summed E-state index contributed by atoms with van der Waals surface area (Å²) in [5.74, 6) is 0. The van der Waals surface area contributed by atoms with E-state index < -0.39 is 0 Å². The summed E-state index contributed by atoms with van der Waals surface area (Å²) in [5, 5.41) is 0. The lowest BCUT2D eigenvalue weighted by atomic mass is 10.1. The van der Waals surface area contributed by atoms with Gasteiger partial charge in [0.1, 0.15) is 0 Å². The smallest absolute Gasteiger partial charge is 0.0181 e. The van der Waals surface area contributed by atoms with E-state index in [0.717, 1.165) is 15.6 Å². The fraction of sp³-hybridized carbons (Fsp3) is 0. The van der Waals surface area contributed by atoms with E-state index in [0.29, 0.717) is 0 Å². The molecule has 12 heavy (non-hydrogen) atoms. The monoisotopic (exact) mass is 220 g/mol. The Morgan fingerprint density at radius 1 is 1.50 bits per heavy atom. The van der Waals surface area contributed by atoms with E-state index in [1.54, 1.807) is 6.08 Å². The zero-order valence-corrected chi connectivity index (χ0v) is 8.26. The lowest BCUT2D eigenvalue weighted by Crippen LogP contribution is -1.77. The molecule has 0 heterocycles. The van der Waals surface area contributed by atoms with Crippen LogP contribution in [0.2, 0.25) is 0 Å². The first-order valence-electron chi connectivity index (χ1n) is 3.54. The number of hydrogen-bond donors (Lipinski definition) is 0. The highest BCUT2D eigenvalue weighted by Crippen LogP contribution is 2.18. The van der Waals surface area contributed by atoms with Gasteiger partial charge in [-0.15, -0.1) is 5.73 Å². The topological polar surface area (TPSA) is 0 Å². The van der Waals surface area contributed by atoms with Crippen molar-refractivity contribution in [1.82, 2.24) is 0 Å². The van der Waals surface area contributed by atoms with Gasteiger partial charge in [0.05, 0.1) is 0 Å². The molecule has 0 saturated heterocycles. The summed E-state index contributed by atoms with van der Waals surface area (Å²) in [6, 6.07) is 7.97. The molecule has 0 unspecified atom stereocenters. The van der Waals surface area contributed by atoms with Crippen LogP contribution in [0, 0.1) is 0 Å². The minimum absolute atomic E-state index is 0.923. The first-order valence-corrected chi connectivity index (χ1v) is 4.34. The normalized spacial score (nSPS) is 8.75. The molecule has 1 heteroatoms. The highest BCUT2D eigenvalue weighted by molar-refractivity contribution is 9.10. The molecule has 0 saturated carbocycles. The molecule has 0 N–H and O–H groups in total. The fourth-order valence-electron chi connectivity index (χ4n) is 0.895. The van der Waals surface area contributed by atoms with Gasteiger partial charge in [-0.05, 0) is 29.3 Å². The van der Waals surface area contributed by atoms with Gasteiger partial charge >= 0.3 is 0 Å². The van der Waals surface area contributed by atoms with Crippen molar-refractivity contribution >= 4 is 21.5 Å². The van der Waals surface area contributed by atoms with Gasteiger partial charge in [0.15, 0.2) is 0 Å². The van der Waals surface area contributed by atoms with Crippen molar-refractivity contribution in [3.8, 4) is 0 Å². The SMILES string of the molecule is C=C=CC(=C)c1cccc(Br)c1. The lowest BCUT2D eigenvalue weighted by molar-refractivity contribution is 1.59. The minimum atomic E-state index is 0.923. The predicted octanol–water partition coefficient (Wildman–Crippen LogP) is 3.80. The van der Waals surface area contributed by atoms with Crippen molar-refractivity contribution < 1.29 is 0 Å². The molecule has 0 bridgehead atoms. The number of hydrogen-bond acceptors (Lipinski definition) is 0. The second-order valence-corrected chi connectivity index (χ2v) is 3.30. The molecule has 1 aromatic rings. The molecular formula is C11H9Br. The Hall–Kier alpha value is -1.04. The third kappa shape index (κ3) is 2.23. The van der Waals surface area contributed by atoms with Gasteiger partial charge in [-0.3, -0.25) is 0 Å². The highest BCUT2D eigenvalue weighted by atomic mass is 79.9. The van der Waals surface area contributed by atoms with Crippen LogP contribution >= 0.6 is 15.9 Å². The molecule has 0 aliphatic carbocycles. The van der Waals surface area contributed by atoms with E-state index in [1.165, 1.54) is 0 Å². The van der Waals surface area contributed by atoms with Gasteiger partial charge < -0.3 is 0 Å². The van der Waals surface area contributed by atoms with Crippen molar-refractivity contribution in [1.29, 1.82) is 0 Å². The molecule has 0 radical (unpaired) electrons. The van der Waals surface area contributed by atoms with Gasteiger partial charge in [-0.2, -0.15) is 0 Å². The number of halogens is 1. The van der Waals surface area contributed by atoms with Crippen LogP contribution < -0.4 is 0 Å². The predicted molar refractivity (Wildman–Crippen MR) is 56.9 cm³/mol. The van der Waals surface area contributed by atoms with E-state index in [2.05, 4.69) is 34.8 Å². The van der Waals surface area contributed by atoms with E-state index in [-0.39, 0.29) is 0 Å². The number of allylic oxidation sites excluding steroid dienone is 2. The highest BCUT2D eigenvalue weighted by Gasteiger charge is 1.94. The average Bonchev–Trinajstić information content (AvgIpc) is 2.05. The summed E-state index contributed by atoms with van der Waals surface area (Å²) in [4.78, 5) is 0. The molecule has 0 aliphatic heterocycles. The van der Waals surface area contributed by atoms with Crippen molar-refractivity contribution in [3.63, 3.8) is 0 Å². The molecule has 1 rings (SSSR count). The van der Waals surface area contributed by atoms with E-state index >= 15 is 0 Å². The van der Waals surface area contributed by atoms with Crippen LogP contribution in [0.15, 0.2) is 53.7 Å². The first-order chi connectivity index (χ1) is 5.74. The summed E-state index contributed by atoms with van der Waals surface area (Å²) < 4.78 is 1.05. The van der Waals surface area contributed by atoms with Crippen molar-refractivity contribution in [2.75, 3.05) is 0 Å². The van der Waals surface area contributed by atoms with E-state index in [4.69, 9.17) is 0 Å². The molecule has 0 atom stereocenters. The Bertz CT molecular complexity index is 344. The molecule has 0 spiro atoms. The van der Waals surface area contributed by atoms with Gasteiger partial charge in [-0.1, -0.05) is 41.2 Å². The van der Waals surface area contributed by atoms with Crippen molar-refractivity contribution in [2.45, 2.75) is 0 Å². The van der Waals surface area contributed by atoms with Gasteiger partial charge in [-0.25, -0.2) is 0 Å². The largest absolute Gasteiger partial charge is 0.128 e. The molecule has 1 aromatic carbocycles. The molecular weight excluding hydrogens is 212 g/mol. The standard InChI is InChI=1S/C11H9Br/c1-3-5-9(2)10-6-4-7-11(12)8-10/h4-8H,1-2H2. The summed E-state index contributed by atoms with van der Waals surface area (Å²) in [6.07, 6.45) is 1.77. The molecule has 0 fully saturated rings. The number of rotatable bonds is 2. The van der Waals surface area contributed by atoms with Crippen LogP contribution in [0.25, 0.3) is 5.57 Å².